The molecule has 2 rings (SSSR count). The molecule has 0 aliphatic heterocycles. The van der Waals surface area contributed by atoms with E-state index in [2.05, 4.69) is 36.5 Å². The van der Waals surface area contributed by atoms with E-state index in [4.69, 9.17) is 0 Å². The highest BCUT2D eigenvalue weighted by atomic mass is 16.3. The van der Waals surface area contributed by atoms with Gasteiger partial charge in [-0.05, 0) is 43.2 Å². The zero-order valence-corrected chi connectivity index (χ0v) is 9.98. The van der Waals surface area contributed by atoms with E-state index in [0.29, 0.717) is 5.75 Å². The maximum Gasteiger partial charge on any atom is 0.115 e. The maximum absolute atomic E-state index is 9.34. The van der Waals surface area contributed by atoms with E-state index in [1.165, 1.54) is 5.56 Å². The van der Waals surface area contributed by atoms with Crippen LogP contribution in [0.2, 0.25) is 0 Å². The van der Waals surface area contributed by atoms with Gasteiger partial charge in [0.05, 0.1) is 0 Å². The average Bonchev–Trinajstić information content (AvgIpc) is 2.32. The van der Waals surface area contributed by atoms with Crippen molar-refractivity contribution in [3.8, 4) is 5.75 Å². The molecule has 0 radical (unpaired) electrons. The van der Waals surface area contributed by atoms with Crippen molar-refractivity contribution in [3.63, 3.8) is 0 Å². The van der Waals surface area contributed by atoms with E-state index in [9.17, 15) is 5.11 Å². The second-order valence-electron chi connectivity index (χ2n) is 4.21. The number of phenolic OH excluding ortho intramolecular Hbond substituents is 1. The molecule has 2 aromatic carbocycles. The summed E-state index contributed by atoms with van der Waals surface area (Å²) in [4.78, 5) is 0. The van der Waals surface area contributed by atoms with Gasteiger partial charge in [-0.25, -0.2) is 0 Å². The van der Waals surface area contributed by atoms with Gasteiger partial charge in [0.15, 0.2) is 0 Å². The average molecular weight is 227 g/mol. The molecular weight excluding hydrogens is 210 g/mol. The molecule has 0 heterocycles. The summed E-state index contributed by atoms with van der Waals surface area (Å²) in [7, 11) is 0. The first kappa shape index (κ1) is 11.5. The number of aryl methyl sites for hydroxylation is 1. The van der Waals surface area contributed by atoms with Crippen LogP contribution in [0, 0.1) is 6.92 Å². The van der Waals surface area contributed by atoms with Crippen LogP contribution in [-0.4, -0.2) is 11.7 Å². The number of anilines is 1. The van der Waals surface area contributed by atoms with E-state index in [-0.39, 0.29) is 0 Å². The quantitative estimate of drug-likeness (QED) is 0.839. The summed E-state index contributed by atoms with van der Waals surface area (Å²) in [5, 5.41) is 12.7. The number of hydrogen-bond acceptors (Lipinski definition) is 2. The maximum atomic E-state index is 9.34. The smallest absolute Gasteiger partial charge is 0.115 e. The summed E-state index contributed by atoms with van der Waals surface area (Å²) in [6.45, 7) is 2.95. The number of nitrogens with one attached hydrogen (secondary N) is 1. The summed E-state index contributed by atoms with van der Waals surface area (Å²) < 4.78 is 0. The molecule has 0 aromatic heterocycles. The highest BCUT2D eigenvalue weighted by Gasteiger charge is 1.95. The predicted molar refractivity (Wildman–Crippen MR) is 71.5 cm³/mol. The molecule has 0 unspecified atom stereocenters. The normalized spacial score (nSPS) is 10.2. The van der Waals surface area contributed by atoms with Gasteiger partial charge in [0, 0.05) is 12.2 Å². The van der Waals surface area contributed by atoms with Crippen LogP contribution in [0.4, 0.5) is 5.69 Å². The topological polar surface area (TPSA) is 32.3 Å². The third-order valence-corrected chi connectivity index (χ3v) is 2.70. The molecule has 0 bridgehead atoms. The number of aromatic hydroxyl groups is 1. The van der Waals surface area contributed by atoms with E-state index in [1.807, 2.05) is 12.1 Å². The molecule has 0 spiro atoms. The molecule has 0 amide bonds. The molecule has 2 aromatic rings. The Balaban J connectivity index is 1.85. The Morgan fingerprint density at radius 3 is 2.53 bits per heavy atom. The van der Waals surface area contributed by atoms with Crippen molar-refractivity contribution in [2.24, 2.45) is 0 Å². The number of benzene rings is 2. The fraction of sp³-hybridized carbons (Fsp3) is 0.200. The molecule has 0 saturated carbocycles. The second kappa shape index (κ2) is 5.39. The van der Waals surface area contributed by atoms with Crippen LogP contribution in [0.15, 0.2) is 48.5 Å². The van der Waals surface area contributed by atoms with Crippen molar-refractivity contribution in [2.75, 3.05) is 11.9 Å². The SMILES string of the molecule is Cc1ccc(NCCc2cccc(O)c2)cc1. The summed E-state index contributed by atoms with van der Waals surface area (Å²) >= 11 is 0. The van der Waals surface area contributed by atoms with E-state index < -0.39 is 0 Å². The van der Waals surface area contributed by atoms with Gasteiger partial charge in [-0.3, -0.25) is 0 Å². The Kier molecular flexibility index (Phi) is 3.66. The summed E-state index contributed by atoms with van der Waals surface area (Å²) in [5.41, 5.74) is 3.55. The lowest BCUT2D eigenvalue weighted by Gasteiger charge is -2.07. The monoisotopic (exact) mass is 227 g/mol. The van der Waals surface area contributed by atoms with Crippen molar-refractivity contribution in [2.45, 2.75) is 13.3 Å². The van der Waals surface area contributed by atoms with Crippen molar-refractivity contribution in [3.05, 3.63) is 59.7 Å². The van der Waals surface area contributed by atoms with Crippen LogP contribution in [-0.2, 0) is 6.42 Å². The van der Waals surface area contributed by atoms with Gasteiger partial charge < -0.3 is 10.4 Å². The third kappa shape index (κ3) is 3.52. The zero-order chi connectivity index (χ0) is 12.1. The highest BCUT2D eigenvalue weighted by Crippen LogP contribution is 2.12. The minimum absolute atomic E-state index is 0.331. The molecular formula is C15H17NO. The van der Waals surface area contributed by atoms with Crippen LogP contribution in [0.5, 0.6) is 5.75 Å². The highest BCUT2D eigenvalue weighted by molar-refractivity contribution is 5.44. The first-order valence-electron chi connectivity index (χ1n) is 5.82. The molecule has 17 heavy (non-hydrogen) atoms. The molecule has 0 aliphatic rings. The van der Waals surface area contributed by atoms with E-state index >= 15 is 0 Å². The molecule has 88 valence electrons. The van der Waals surface area contributed by atoms with Gasteiger partial charge >= 0.3 is 0 Å². The van der Waals surface area contributed by atoms with Gasteiger partial charge in [-0.2, -0.15) is 0 Å². The lowest BCUT2D eigenvalue weighted by atomic mass is 10.1. The first-order chi connectivity index (χ1) is 8.24. The van der Waals surface area contributed by atoms with Gasteiger partial charge in [0.1, 0.15) is 5.75 Å². The first-order valence-corrected chi connectivity index (χ1v) is 5.82. The van der Waals surface area contributed by atoms with Crippen molar-refractivity contribution < 1.29 is 5.11 Å². The Labute approximate surface area is 102 Å². The van der Waals surface area contributed by atoms with Crippen molar-refractivity contribution in [1.29, 1.82) is 0 Å². The molecule has 2 N–H and O–H groups in total. The largest absolute Gasteiger partial charge is 0.508 e. The Morgan fingerprint density at radius 2 is 1.82 bits per heavy atom. The summed E-state index contributed by atoms with van der Waals surface area (Å²) in [6, 6.07) is 15.7. The second-order valence-corrected chi connectivity index (χ2v) is 4.21. The molecule has 0 atom stereocenters. The Morgan fingerprint density at radius 1 is 1.06 bits per heavy atom. The minimum atomic E-state index is 0.331. The Bertz CT molecular complexity index is 477. The standard InChI is InChI=1S/C15H17NO/c1-12-5-7-14(8-6-12)16-10-9-13-3-2-4-15(17)11-13/h2-8,11,16-17H,9-10H2,1H3. The molecule has 2 heteroatoms. The van der Waals surface area contributed by atoms with Crippen LogP contribution in [0.1, 0.15) is 11.1 Å². The van der Waals surface area contributed by atoms with Crippen LogP contribution < -0.4 is 5.32 Å². The lowest BCUT2D eigenvalue weighted by molar-refractivity contribution is 0.474. The summed E-state index contributed by atoms with van der Waals surface area (Å²) in [6.07, 6.45) is 0.905. The number of hydrogen-bond donors (Lipinski definition) is 2. The van der Waals surface area contributed by atoms with Crippen molar-refractivity contribution >= 4 is 5.69 Å². The number of phenols is 1. The van der Waals surface area contributed by atoms with Gasteiger partial charge in [0.2, 0.25) is 0 Å². The van der Waals surface area contributed by atoms with Crippen LogP contribution >= 0.6 is 0 Å². The molecule has 2 nitrogen and oxygen atoms in total. The van der Waals surface area contributed by atoms with Gasteiger partial charge in [-0.1, -0.05) is 29.8 Å². The van der Waals surface area contributed by atoms with Crippen molar-refractivity contribution in [1.82, 2.24) is 0 Å². The summed E-state index contributed by atoms with van der Waals surface area (Å²) in [5.74, 6) is 0.331. The molecule has 0 saturated heterocycles. The van der Waals surface area contributed by atoms with E-state index in [0.717, 1.165) is 24.2 Å². The zero-order valence-electron chi connectivity index (χ0n) is 9.98. The molecule has 0 fully saturated rings. The van der Waals surface area contributed by atoms with E-state index in [1.54, 1.807) is 12.1 Å². The lowest BCUT2D eigenvalue weighted by Crippen LogP contribution is -2.04. The fourth-order valence-corrected chi connectivity index (χ4v) is 1.73. The van der Waals surface area contributed by atoms with Crippen LogP contribution in [0.25, 0.3) is 0 Å². The fourth-order valence-electron chi connectivity index (χ4n) is 1.73. The van der Waals surface area contributed by atoms with Crippen LogP contribution in [0.3, 0.4) is 0 Å². The minimum Gasteiger partial charge on any atom is -0.508 e. The number of rotatable bonds is 4. The van der Waals surface area contributed by atoms with Gasteiger partial charge in [-0.15, -0.1) is 0 Å². The third-order valence-electron chi connectivity index (χ3n) is 2.70. The Hall–Kier alpha value is -1.96. The predicted octanol–water partition coefficient (Wildman–Crippen LogP) is 3.36. The molecule has 0 aliphatic carbocycles. The van der Waals surface area contributed by atoms with Gasteiger partial charge in [0.25, 0.3) is 0 Å².